The molecule has 129 heavy (non-hydrogen) atoms. The number of hydrogen-bond acceptors (Lipinski definition) is 6. The number of para-hydroxylation sites is 3. The van der Waals surface area contributed by atoms with E-state index in [2.05, 4.69) is 306 Å². The average Bonchev–Trinajstić information content (AvgIpc) is 1.58. The Labute approximate surface area is 799 Å². The molecule has 9 nitrogen and oxygen atoms in total. The number of nitrogens with zero attached hydrogens (tertiary/aromatic N) is 9. The van der Waals surface area contributed by atoms with E-state index in [-0.39, 0.29) is 60.3 Å². The molecule has 0 bridgehead atoms. The van der Waals surface area contributed by atoms with Crippen molar-refractivity contribution >= 4 is 65.4 Å². The van der Waals surface area contributed by atoms with Gasteiger partial charge in [-0.15, -0.1) is 179 Å². The molecule has 0 N–H and O–H groups in total. The minimum Gasteiger partial charge on any atom is -0.380 e. The standard InChI is InChI=1S/3C21H19N2.3C18H14N.3Ir/c1-15(2)14-23-20-12-4-3-8-16(20)17-9-7-10-18(21(17)23)19-11-5-6-13-22-19;1-15(2)14-23-20-9-4-3-7-17(20)18-13-16(10-11-21(18)23)19-8-5-6-12-22-19;1-15(2)14-23-20-9-4-3-7-17(20)18-11-10-16(13-21(18)23)19-8-5-6-12-22-19;3*1-14-12-18(16-10-6-3-7-11-16)19-13-17(14)15-8-4-2-5-9-15;;;/h3*3-9,11-13,15H,14H2,1-2H3;3*2-10,12-13H,1H3;;;/q6*-1;;;. The molecule has 0 unspecified atom stereocenters. The summed E-state index contributed by atoms with van der Waals surface area (Å²) in [5.41, 5.74) is 30.6. The summed E-state index contributed by atoms with van der Waals surface area (Å²) < 4.78 is 7.26. The van der Waals surface area contributed by atoms with Crippen molar-refractivity contribution in [1.29, 1.82) is 0 Å². The molecule has 12 heteroatoms. The van der Waals surface area contributed by atoms with Gasteiger partial charge in [-0.2, -0.15) is 0 Å². The van der Waals surface area contributed by atoms with Gasteiger partial charge in [0.25, 0.3) is 0 Å². The van der Waals surface area contributed by atoms with Crippen LogP contribution >= 0.6 is 0 Å². The Morgan fingerprint density at radius 3 is 0.992 bits per heavy atom. The molecule has 12 aromatic carbocycles. The van der Waals surface area contributed by atoms with E-state index in [0.29, 0.717) is 17.8 Å². The smallest absolute Gasteiger partial charge is 0.0391 e. The fourth-order valence-electron chi connectivity index (χ4n) is 16.3. The molecular formula is C117H99Ir3N9-6. The molecule has 9 aromatic heterocycles. The predicted octanol–water partition coefficient (Wildman–Crippen LogP) is 29.5. The second-order valence-corrected chi connectivity index (χ2v) is 32.7. The summed E-state index contributed by atoms with van der Waals surface area (Å²) in [6, 6.07) is 138. The first-order valence-electron chi connectivity index (χ1n) is 43.3. The third-order valence-electron chi connectivity index (χ3n) is 22.1. The van der Waals surface area contributed by atoms with Gasteiger partial charge in [0.05, 0.1) is 0 Å². The van der Waals surface area contributed by atoms with Gasteiger partial charge in [0.1, 0.15) is 0 Å². The molecule has 0 atom stereocenters. The average molecular weight is 2210 g/mol. The van der Waals surface area contributed by atoms with E-state index in [4.69, 9.17) is 0 Å². The van der Waals surface area contributed by atoms with Gasteiger partial charge in [-0.1, -0.05) is 258 Å². The maximum atomic E-state index is 4.55. The molecule has 21 aromatic rings. The Kier molecular flexibility index (Phi) is 32.7. The molecule has 21 rings (SSSR count). The van der Waals surface area contributed by atoms with Crippen LogP contribution in [0.2, 0.25) is 0 Å². The maximum absolute atomic E-state index is 4.55. The molecular weight excluding hydrogens is 2110 g/mol. The van der Waals surface area contributed by atoms with E-state index in [9.17, 15) is 0 Å². The second-order valence-electron chi connectivity index (χ2n) is 32.7. The van der Waals surface area contributed by atoms with Gasteiger partial charge in [-0.3, -0.25) is 0 Å². The monoisotopic (exact) mass is 2210 g/mol. The van der Waals surface area contributed by atoms with E-state index in [1.807, 2.05) is 219 Å². The van der Waals surface area contributed by atoms with Crippen LogP contribution in [-0.4, -0.2) is 43.6 Å². The number of aromatic nitrogens is 9. The quantitative estimate of drug-likeness (QED) is 0.0950. The first-order valence-corrected chi connectivity index (χ1v) is 43.3. The summed E-state index contributed by atoms with van der Waals surface area (Å²) in [6.45, 7) is 22.9. The van der Waals surface area contributed by atoms with Crippen molar-refractivity contribution in [3.8, 4) is 101 Å². The van der Waals surface area contributed by atoms with Gasteiger partial charge >= 0.3 is 0 Å². The summed E-state index contributed by atoms with van der Waals surface area (Å²) in [4.78, 5) is 27.1. The summed E-state index contributed by atoms with van der Waals surface area (Å²) in [7, 11) is 0. The molecule has 0 spiro atoms. The molecule has 0 fully saturated rings. The zero-order valence-corrected chi connectivity index (χ0v) is 80.9. The van der Waals surface area contributed by atoms with Crippen LogP contribution in [0, 0.1) is 74.9 Å². The van der Waals surface area contributed by atoms with Crippen molar-refractivity contribution in [3.63, 3.8) is 0 Å². The first-order chi connectivity index (χ1) is 61.8. The topological polar surface area (TPSA) is 92.1 Å². The van der Waals surface area contributed by atoms with Gasteiger partial charge in [0.2, 0.25) is 0 Å². The van der Waals surface area contributed by atoms with Crippen molar-refractivity contribution in [1.82, 2.24) is 43.6 Å². The van der Waals surface area contributed by atoms with E-state index >= 15 is 0 Å². The van der Waals surface area contributed by atoms with Crippen LogP contribution in [0.1, 0.15) is 58.2 Å². The Hall–Kier alpha value is -13.1. The number of rotatable bonds is 15. The van der Waals surface area contributed by atoms with Crippen LogP contribution < -0.4 is 0 Å². The van der Waals surface area contributed by atoms with Gasteiger partial charge in [-0.05, 0) is 175 Å². The van der Waals surface area contributed by atoms with E-state index in [1.165, 1.54) is 115 Å². The Morgan fingerprint density at radius 1 is 0.248 bits per heavy atom. The minimum atomic E-state index is 0. The first kappa shape index (κ1) is 93.5. The number of hydrogen-bond donors (Lipinski definition) is 0. The third-order valence-corrected chi connectivity index (χ3v) is 22.1. The van der Waals surface area contributed by atoms with Crippen molar-refractivity contribution < 1.29 is 60.3 Å². The number of aryl methyl sites for hydroxylation is 3. The van der Waals surface area contributed by atoms with Crippen LogP contribution in [0.3, 0.4) is 0 Å². The molecule has 0 aliphatic carbocycles. The molecule has 9 heterocycles. The number of pyridine rings is 6. The van der Waals surface area contributed by atoms with Crippen LogP contribution in [0.15, 0.2) is 383 Å². The molecule has 0 saturated heterocycles. The van der Waals surface area contributed by atoms with Crippen molar-refractivity contribution in [2.75, 3.05) is 0 Å². The minimum absolute atomic E-state index is 0. The Bertz CT molecular complexity index is 6840. The molecule has 0 saturated carbocycles. The Morgan fingerprint density at radius 2 is 0.597 bits per heavy atom. The predicted molar refractivity (Wildman–Crippen MR) is 525 cm³/mol. The summed E-state index contributed by atoms with van der Waals surface area (Å²) in [5.74, 6) is 1.77. The van der Waals surface area contributed by atoms with Gasteiger partial charge in [0.15, 0.2) is 0 Å². The molecule has 0 aliphatic rings. The van der Waals surface area contributed by atoms with Crippen molar-refractivity contribution in [2.45, 2.75) is 81.9 Å². The molecule has 645 valence electrons. The summed E-state index contributed by atoms with van der Waals surface area (Å²) in [6.07, 6.45) is 11.3. The maximum Gasteiger partial charge on any atom is 0.0391 e. The van der Waals surface area contributed by atoms with Crippen LogP contribution in [-0.2, 0) is 80.0 Å². The van der Waals surface area contributed by atoms with Crippen molar-refractivity contribution in [3.05, 3.63) is 436 Å². The zero-order chi connectivity index (χ0) is 86.7. The molecule has 0 aliphatic heterocycles. The fourth-order valence-corrected chi connectivity index (χ4v) is 16.3. The van der Waals surface area contributed by atoms with E-state index in [0.717, 1.165) is 87.2 Å². The number of benzene rings is 12. The SMILES string of the molecule is CC(C)Cn1c2c[c-]c(-c3ccccn3)cc2c2ccccc21.CC(C)Cn1c2ccccc2c2c[c-]c(-c3ccccn3)cc21.CC(C)Cn1c2ccccc2c2cc[c-]c(-c3ccccn3)c21.Cc1cc(-c2[c-]cccc2)ncc1-c1ccccc1.Cc1cc(-c2[c-]cccc2)ncc1-c1ccccc1.Cc1cc(-c2[c-]cccc2)ncc1-c1ccccc1.[Ir].[Ir].[Ir]. The fraction of sp³-hybridized carbons (Fsp3) is 0.128. The van der Waals surface area contributed by atoms with Crippen LogP contribution in [0.4, 0.5) is 0 Å². The number of fused-ring (bicyclic) bond motifs is 9. The van der Waals surface area contributed by atoms with E-state index < -0.39 is 0 Å². The van der Waals surface area contributed by atoms with E-state index in [1.54, 1.807) is 0 Å². The summed E-state index contributed by atoms with van der Waals surface area (Å²) >= 11 is 0. The molecule has 0 amide bonds. The van der Waals surface area contributed by atoms with Crippen LogP contribution in [0.25, 0.3) is 166 Å². The second kappa shape index (κ2) is 45.0. The largest absolute Gasteiger partial charge is 0.380 e. The third kappa shape index (κ3) is 22.5. The normalized spacial score (nSPS) is 10.8. The Balaban J connectivity index is 0.000000132. The van der Waals surface area contributed by atoms with Crippen molar-refractivity contribution in [2.24, 2.45) is 17.8 Å². The molecule has 3 radical (unpaired) electrons. The van der Waals surface area contributed by atoms with Gasteiger partial charge < -0.3 is 43.6 Å². The zero-order valence-electron chi connectivity index (χ0n) is 73.8. The summed E-state index contributed by atoms with van der Waals surface area (Å²) in [5, 5.41) is 7.72. The van der Waals surface area contributed by atoms with Gasteiger partial charge in [0, 0.05) is 150 Å². The van der Waals surface area contributed by atoms with Crippen LogP contribution in [0.5, 0.6) is 0 Å². The van der Waals surface area contributed by atoms with Gasteiger partial charge in [-0.25, -0.2) is 0 Å².